The van der Waals surface area contributed by atoms with Crippen molar-refractivity contribution in [2.45, 2.75) is 32.4 Å². The molecule has 0 saturated carbocycles. The molecule has 0 aliphatic carbocycles. The Bertz CT molecular complexity index is 400. The highest BCUT2D eigenvalue weighted by Crippen LogP contribution is 2.26. The van der Waals surface area contributed by atoms with E-state index in [0.29, 0.717) is 11.1 Å². The van der Waals surface area contributed by atoms with E-state index in [4.69, 9.17) is 16.9 Å². The van der Waals surface area contributed by atoms with E-state index in [1.807, 2.05) is 12.1 Å². The molecule has 1 N–H and O–H groups in total. The molecule has 0 radical (unpaired) electrons. The second-order valence-electron chi connectivity index (χ2n) is 3.71. The maximum atomic E-state index is 9.12. The fourth-order valence-electron chi connectivity index (χ4n) is 1.30. The van der Waals surface area contributed by atoms with Crippen molar-refractivity contribution in [2.75, 3.05) is 0 Å². The standard InChI is InChI=1S/C12H14BrClN2/c1-3-8(2)16-12(7-15)9-4-5-11(14)10(13)6-9/h4-6,8,12,16H,3H2,1-2H3. The summed E-state index contributed by atoms with van der Waals surface area (Å²) in [5.41, 5.74) is 0.930. The third kappa shape index (κ3) is 3.48. The summed E-state index contributed by atoms with van der Waals surface area (Å²) in [5.74, 6) is 0. The smallest absolute Gasteiger partial charge is 0.121 e. The predicted octanol–water partition coefficient (Wildman–Crippen LogP) is 4.06. The molecule has 0 saturated heterocycles. The van der Waals surface area contributed by atoms with Crippen LogP contribution in [0.25, 0.3) is 0 Å². The van der Waals surface area contributed by atoms with Crippen molar-refractivity contribution < 1.29 is 0 Å². The van der Waals surface area contributed by atoms with Crippen LogP contribution in [0.5, 0.6) is 0 Å². The molecule has 86 valence electrons. The van der Waals surface area contributed by atoms with Gasteiger partial charge in [-0.05, 0) is 47.0 Å². The van der Waals surface area contributed by atoms with Crippen LogP contribution in [0.1, 0.15) is 31.9 Å². The molecule has 0 fully saturated rings. The predicted molar refractivity (Wildman–Crippen MR) is 70.4 cm³/mol. The van der Waals surface area contributed by atoms with Crippen molar-refractivity contribution in [1.29, 1.82) is 5.26 Å². The molecule has 0 bridgehead atoms. The normalized spacial score (nSPS) is 14.2. The molecule has 4 heteroatoms. The van der Waals surface area contributed by atoms with Gasteiger partial charge in [-0.1, -0.05) is 24.6 Å². The summed E-state index contributed by atoms with van der Waals surface area (Å²) in [6, 6.07) is 7.83. The highest BCUT2D eigenvalue weighted by atomic mass is 79.9. The summed E-state index contributed by atoms with van der Waals surface area (Å²) >= 11 is 9.27. The van der Waals surface area contributed by atoms with E-state index in [2.05, 4.69) is 41.2 Å². The second-order valence-corrected chi connectivity index (χ2v) is 4.97. The first kappa shape index (κ1) is 13.5. The molecule has 2 nitrogen and oxygen atoms in total. The number of benzene rings is 1. The molecule has 0 aliphatic rings. The number of nitrogens with zero attached hydrogens (tertiary/aromatic N) is 1. The molecule has 2 unspecified atom stereocenters. The van der Waals surface area contributed by atoms with E-state index >= 15 is 0 Å². The summed E-state index contributed by atoms with van der Waals surface area (Å²) in [7, 11) is 0. The highest BCUT2D eigenvalue weighted by molar-refractivity contribution is 9.10. The fraction of sp³-hybridized carbons (Fsp3) is 0.417. The van der Waals surface area contributed by atoms with Gasteiger partial charge < -0.3 is 0 Å². The van der Waals surface area contributed by atoms with Gasteiger partial charge in [0.05, 0.1) is 11.1 Å². The van der Waals surface area contributed by atoms with Crippen LogP contribution in [0.3, 0.4) is 0 Å². The number of hydrogen-bond donors (Lipinski definition) is 1. The number of rotatable bonds is 4. The first-order valence-electron chi connectivity index (χ1n) is 5.19. The van der Waals surface area contributed by atoms with Crippen molar-refractivity contribution in [3.8, 4) is 6.07 Å². The van der Waals surface area contributed by atoms with E-state index in [0.717, 1.165) is 16.5 Å². The van der Waals surface area contributed by atoms with Crippen molar-refractivity contribution in [2.24, 2.45) is 0 Å². The Labute approximate surface area is 110 Å². The van der Waals surface area contributed by atoms with Crippen LogP contribution in [0.2, 0.25) is 5.02 Å². The average molecular weight is 302 g/mol. The first-order valence-corrected chi connectivity index (χ1v) is 6.36. The van der Waals surface area contributed by atoms with Crippen molar-refractivity contribution >= 4 is 27.5 Å². The van der Waals surface area contributed by atoms with E-state index in [1.165, 1.54) is 0 Å². The Morgan fingerprint density at radius 1 is 1.56 bits per heavy atom. The van der Waals surface area contributed by atoms with E-state index in [-0.39, 0.29) is 6.04 Å². The second kappa shape index (κ2) is 6.24. The lowest BCUT2D eigenvalue weighted by Gasteiger charge is -2.17. The van der Waals surface area contributed by atoms with Crippen molar-refractivity contribution in [1.82, 2.24) is 5.32 Å². The minimum absolute atomic E-state index is 0.288. The monoisotopic (exact) mass is 300 g/mol. The molecule has 2 atom stereocenters. The molecule has 0 spiro atoms. The topological polar surface area (TPSA) is 35.8 Å². The fourth-order valence-corrected chi connectivity index (χ4v) is 1.82. The number of nitrogens with one attached hydrogen (secondary N) is 1. The minimum Gasteiger partial charge on any atom is -0.296 e. The summed E-state index contributed by atoms with van der Waals surface area (Å²) < 4.78 is 0.817. The van der Waals surface area contributed by atoms with Gasteiger partial charge in [-0.25, -0.2) is 0 Å². The Hall–Kier alpha value is -0.560. The molecule has 0 aromatic heterocycles. The van der Waals surface area contributed by atoms with Crippen LogP contribution in [-0.2, 0) is 0 Å². The van der Waals surface area contributed by atoms with Gasteiger partial charge in [0, 0.05) is 10.5 Å². The molecule has 1 aromatic rings. The maximum Gasteiger partial charge on any atom is 0.121 e. The van der Waals surface area contributed by atoms with Crippen LogP contribution in [0, 0.1) is 11.3 Å². The molecule has 1 aromatic carbocycles. The summed E-state index contributed by atoms with van der Waals surface area (Å²) in [5, 5.41) is 13.0. The third-order valence-electron chi connectivity index (χ3n) is 2.47. The van der Waals surface area contributed by atoms with Gasteiger partial charge in [-0.2, -0.15) is 5.26 Å². The summed E-state index contributed by atoms with van der Waals surface area (Å²) in [4.78, 5) is 0. The number of nitriles is 1. The van der Waals surface area contributed by atoms with Gasteiger partial charge in [-0.3, -0.25) is 5.32 Å². The maximum absolute atomic E-state index is 9.12. The van der Waals surface area contributed by atoms with Crippen LogP contribution in [-0.4, -0.2) is 6.04 Å². The van der Waals surface area contributed by atoms with E-state index in [9.17, 15) is 0 Å². The average Bonchev–Trinajstić information content (AvgIpc) is 2.29. The van der Waals surface area contributed by atoms with Gasteiger partial charge in [0.25, 0.3) is 0 Å². The van der Waals surface area contributed by atoms with Crippen molar-refractivity contribution in [3.05, 3.63) is 33.3 Å². The van der Waals surface area contributed by atoms with Gasteiger partial charge >= 0.3 is 0 Å². The molecule has 1 rings (SSSR count). The lowest BCUT2D eigenvalue weighted by atomic mass is 10.1. The molecule has 0 amide bonds. The Kier molecular flexibility index (Phi) is 5.27. The van der Waals surface area contributed by atoms with E-state index in [1.54, 1.807) is 6.07 Å². The largest absolute Gasteiger partial charge is 0.296 e. The van der Waals surface area contributed by atoms with Gasteiger partial charge in [0.1, 0.15) is 6.04 Å². The molecular weight excluding hydrogens is 288 g/mol. The highest BCUT2D eigenvalue weighted by Gasteiger charge is 2.13. The van der Waals surface area contributed by atoms with Crippen LogP contribution in [0.4, 0.5) is 0 Å². The lowest BCUT2D eigenvalue weighted by molar-refractivity contribution is 0.501. The van der Waals surface area contributed by atoms with Gasteiger partial charge in [0.2, 0.25) is 0 Å². The Morgan fingerprint density at radius 2 is 2.25 bits per heavy atom. The quantitative estimate of drug-likeness (QED) is 0.910. The minimum atomic E-state index is -0.288. The molecule has 0 aliphatic heterocycles. The van der Waals surface area contributed by atoms with Crippen LogP contribution in [0.15, 0.2) is 22.7 Å². The summed E-state index contributed by atoms with van der Waals surface area (Å²) in [6.45, 7) is 4.15. The SMILES string of the molecule is CCC(C)NC(C#N)c1ccc(Cl)c(Br)c1. The third-order valence-corrected chi connectivity index (χ3v) is 3.68. The summed E-state index contributed by atoms with van der Waals surface area (Å²) in [6.07, 6.45) is 0.993. The zero-order valence-corrected chi connectivity index (χ0v) is 11.6. The first-order chi connectivity index (χ1) is 7.58. The molecule has 0 heterocycles. The number of hydrogen-bond acceptors (Lipinski definition) is 2. The van der Waals surface area contributed by atoms with Crippen molar-refractivity contribution in [3.63, 3.8) is 0 Å². The zero-order valence-electron chi connectivity index (χ0n) is 9.30. The Morgan fingerprint density at radius 3 is 2.75 bits per heavy atom. The van der Waals surface area contributed by atoms with Crippen LogP contribution >= 0.6 is 27.5 Å². The zero-order chi connectivity index (χ0) is 12.1. The van der Waals surface area contributed by atoms with Gasteiger partial charge in [-0.15, -0.1) is 0 Å². The lowest BCUT2D eigenvalue weighted by Crippen LogP contribution is -2.29. The number of halogens is 2. The molecular formula is C12H14BrClN2. The van der Waals surface area contributed by atoms with E-state index < -0.39 is 0 Å². The molecule has 16 heavy (non-hydrogen) atoms. The van der Waals surface area contributed by atoms with Crippen LogP contribution < -0.4 is 5.32 Å². The van der Waals surface area contributed by atoms with Gasteiger partial charge in [0.15, 0.2) is 0 Å². The Balaban J connectivity index is 2.88.